The Morgan fingerprint density at radius 3 is 2.72 bits per heavy atom. The molecule has 0 radical (unpaired) electrons. The lowest BCUT2D eigenvalue weighted by molar-refractivity contribution is 0.0888. The summed E-state index contributed by atoms with van der Waals surface area (Å²) in [7, 11) is 0. The van der Waals surface area contributed by atoms with E-state index in [0.717, 1.165) is 17.2 Å². The van der Waals surface area contributed by atoms with Gasteiger partial charge in [0.25, 0.3) is 0 Å². The van der Waals surface area contributed by atoms with Crippen molar-refractivity contribution in [1.29, 1.82) is 0 Å². The molecular formula is C19H23N3O2S. The summed E-state index contributed by atoms with van der Waals surface area (Å²) in [6.45, 7) is 3.68. The molecule has 3 fully saturated rings. The molecule has 1 aromatic heterocycles. The number of hydrogen-bond donors (Lipinski definition) is 0. The number of ether oxygens (including phenoxy) is 1. The van der Waals surface area contributed by atoms with Crippen molar-refractivity contribution < 1.29 is 9.53 Å². The zero-order valence-electron chi connectivity index (χ0n) is 14.3. The van der Waals surface area contributed by atoms with Crippen LogP contribution in [0.15, 0.2) is 18.2 Å². The number of carbonyl (C=O) groups excluding carboxylic acids is 1. The van der Waals surface area contributed by atoms with Crippen molar-refractivity contribution in [3.8, 4) is 0 Å². The molecule has 5 rings (SSSR count). The van der Waals surface area contributed by atoms with Gasteiger partial charge < -0.3 is 9.64 Å². The lowest BCUT2D eigenvalue weighted by Gasteiger charge is -2.43. The van der Waals surface area contributed by atoms with Crippen LogP contribution in [-0.4, -0.2) is 48.3 Å². The van der Waals surface area contributed by atoms with Crippen molar-refractivity contribution in [3.05, 3.63) is 23.2 Å². The molecular weight excluding hydrogens is 334 g/mol. The number of cyclic esters (lactones) is 1. The van der Waals surface area contributed by atoms with Gasteiger partial charge in [0.1, 0.15) is 6.61 Å². The molecule has 6 heteroatoms. The molecule has 1 aromatic carbocycles. The molecule has 3 aliphatic rings. The van der Waals surface area contributed by atoms with E-state index in [1.807, 2.05) is 12.1 Å². The van der Waals surface area contributed by atoms with E-state index in [9.17, 15) is 4.79 Å². The summed E-state index contributed by atoms with van der Waals surface area (Å²) in [4.78, 5) is 21.0. The van der Waals surface area contributed by atoms with E-state index in [2.05, 4.69) is 11.0 Å². The van der Waals surface area contributed by atoms with E-state index in [0.29, 0.717) is 19.1 Å². The largest absolute Gasteiger partial charge is 0.447 e. The second-order valence-corrected chi connectivity index (χ2v) is 8.45. The minimum atomic E-state index is -0.243. The van der Waals surface area contributed by atoms with Gasteiger partial charge in [0, 0.05) is 17.6 Å². The molecule has 0 bridgehead atoms. The quantitative estimate of drug-likeness (QED) is 0.833. The highest BCUT2D eigenvalue weighted by molar-refractivity contribution is 7.18. The van der Waals surface area contributed by atoms with E-state index >= 15 is 0 Å². The standard InChI is InChI=1S/C19H23N3O2S/c23-19-22(8-9-24-19)14-4-5-16-17(12-14)25-18(20-16)13-10-15(11-13)21-6-2-1-3-7-21/h4-5,12-13,15H,1-3,6-11H2/t13-,15-. The van der Waals surface area contributed by atoms with Crippen LogP contribution < -0.4 is 4.90 Å². The van der Waals surface area contributed by atoms with Crippen LogP contribution in [-0.2, 0) is 4.74 Å². The van der Waals surface area contributed by atoms with Crippen molar-refractivity contribution >= 4 is 33.3 Å². The highest BCUT2D eigenvalue weighted by atomic mass is 32.1. The summed E-state index contributed by atoms with van der Waals surface area (Å²) in [5.41, 5.74) is 1.97. The molecule has 5 nitrogen and oxygen atoms in total. The Morgan fingerprint density at radius 2 is 1.96 bits per heavy atom. The molecule has 25 heavy (non-hydrogen) atoms. The Hall–Kier alpha value is -1.66. The number of likely N-dealkylation sites (tertiary alicyclic amines) is 1. The maximum atomic E-state index is 11.8. The van der Waals surface area contributed by atoms with E-state index < -0.39 is 0 Å². The van der Waals surface area contributed by atoms with E-state index in [-0.39, 0.29) is 6.09 Å². The van der Waals surface area contributed by atoms with Gasteiger partial charge in [0.2, 0.25) is 0 Å². The van der Waals surface area contributed by atoms with Gasteiger partial charge in [-0.3, -0.25) is 4.90 Å². The van der Waals surface area contributed by atoms with Gasteiger partial charge in [-0.15, -0.1) is 11.3 Å². The monoisotopic (exact) mass is 357 g/mol. The number of carbonyl (C=O) groups is 1. The molecule has 1 aliphatic carbocycles. The molecule has 2 saturated heterocycles. The number of thiazole rings is 1. The summed E-state index contributed by atoms with van der Waals surface area (Å²) in [6.07, 6.45) is 6.40. The maximum Gasteiger partial charge on any atom is 0.414 e. The maximum absolute atomic E-state index is 11.8. The Balaban J connectivity index is 1.31. The number of anilines is 1. The fraction of sp³-hybridized carbons (Fsp3) is 0.579. The van der Waals surface area contributed by atoms with Gasteiger partial charge in [0.15, 0.2) is 0 Å². The van der Waals surface area contributed by atoms with Gasteiger partial charge in [-0.1, -0.05) is 6.42 Å². The molecule has 0 N–H and O–H groups in total. The second-order valence-electron chi connectivity index (χ2n) is 7.39. The molecule has 132 valence electrons. The van der Waals surface area contributed by atoms with Crippen LogP contribution in [0.4, 0.5) is 10.5 Å². The van der Waals surface area contributed by atoms with Crippen LogP contribution in [0, 0.1) is 0 Å². The van der Waals surface area contributed by atoms with Gasteiger partial charge in [-0.25, -0.2) is 9.78 Å². The Labute approximate surface area is 151 Å². The first-order valence-electron chi connectivity index (χ1n) is 9.37. The number of piperidine rings is 1. The van der Waals surface area contributed by atoms with Crippen LogP contribution in [0.2, 0.25) is 0 Å². The smallest absolute Gasteiger partial charge is 0.414 e. The van der Waals surface area contributed by atoms with Gasteiger partial charge in [0.05, 0.1) is 21.8 Å². The van der Waals surface area contributed by atoms with Crippen LogP contribution in [0.3, 0.4) is 0 Å². The average Bonchev–Trinajstić information content (AvgIpc) is 3.19. The van der Waals surface area contributed by atoms with Crippen molar-refractivity contribution in [2.24, 2.45) is 0 Å². The molecule has 3 heterocycles. The molecule has 2 aromatic rings. The molecule has 0 atom stereocenters. The fourth-order valence-electron chi connectivity index (χ4n) is 4.27. The summed E-state index contributed by atoms with van der Waals surface area (Å²) in [5.74, 6) is 0.615. The Morgan fingerprint density at radius 1 is 1.12 bits per heavy atom. The van der Waals surface area contributed by atoms with Gasteiger partial charge in [-0.05, 0) is 57.0 Å². The highest BCUT2D eigenvalue weighted by Crippen LogP contribution is 2.43. The predicted molar refractivity (Wildman–Crippen MR) is 99.5 cm³/mol. The third kappa shape index (κ3) is 2.81. The first-order chi connectivity index (χ1) is 12.3. The van der Waals surface area contributed by atoms with Crippen molar-refractivity contribution in [3.63, 3.8) is 0 Å². The SMILES string of the molecule is O=C1OCCN1c1ccc2nc([C@H]3C[C@H](N4CCCCC4)C3)sc2c1. The highest BCUT2D eigenvalue weighted by Gasteiger charge is 2.36. The van der Waals surface area contributed by atoms with Crippen LogP contribution >= 0.6 is 11.3 Å². The van der Waals surface area contributed by atoms with Crippen molar-refractivity contribution in [2.45, 2.75) is 44.1 Å². The lowest BCUT2D eigenvalue weighted by atomic mass is 9.79. The summed E-state index contributed by atoms with van der Waals surface area (Å²) in [6, 6.07) is 6.88. The van der Waals surface area contributed by atoms with Crippen molar-refractivity contribution in [1.82, 2.24) is 9.88 Å². The normalized spacial score (nSPS) is 27.5. The van der Waals surface area contributed by atoms with E-state index in [1.54, 1.807) is 16.2 Å². The number of aromatic nitrogens is 1. The first-order valence-corrected chi connectivity index (χ1v) is 10.2. The molecule has 2 aliphatic heterocycles. The van der Waals surface area contributed by atoms with Gasteiger partial charge in [-0.2, -0.15) is 0 Å². The number of nitrogens with zero attached hydrogens (tertiary/aromatic N) is 3. The third-order valence-corrected chi connectivity index (χ3v) is 7.01. The Kier molecular flexibility index (Phi) is 3.90. The number of fused-ring (bicyclic) bond motifs is 1. The van der Waals surface area contributed by atoms with Gasteiger partial charge >= 0.3 is 6.09 Å². The van der Waals surface area contributed by atoms with Crippen LogP contribution in [0.5, 0.6) is 0 Å². The fourth-order valence-corrected chi connectivity index (χ4v) is 5.40. The average molecular weight is 357 g/mol. The molecule has 0 spiro atoms. The van der Waals surface area contributed by atoms with E-state index in [1.165, 1.54) is 54.9 Å². The first kappa shape index (κ1) is 15.6. The van der Waals surface area contributed by atoms with Crippen LogP contribution in [0.1, 0.15) is 43.0 Å². The molecule has 1 saturated carbocycles. The number of hydrogen-bond acceptors (Lipinski definition) is 5. The van der Waals surface area contributed by atoms with Crippen molar-refractivity contribution in [2.75, 3.05) is 31.1 Å². The topological polar surface area (TPSA) is 45.7 Å². The third-order valence-electron chi connectivity index (χ3n) is 5.83. The summed E-state index contributed by atoms with van der Waals surface area (Å²) >= 11 is 1.80. The zero-order valence-corrected chi connectivity index (χ0v) is 15.1. The molecule has 0 unspecified atom stereocenters. The number of rotatable bonds is 3. The number of amides is 1. The zero-order chi connectivity index (χ0) is 16.8. The minimum absolute atomic E-state index is 0.243. The minimum Gasteiger partial charge on any atom is -0.447 e. The lowest BCUT2D eigenvalue weighted by Crippen LogP contribution is -2.46. The van der Waals surface area contributed by atoms with E-state index in [4.69, 9.17) is 9.72 Å². The number of benzene rings is 1. The summed E-state index contributed by atoms with van der Waals surface area (Å²) < 4.78 is 6.22. The second kappa shape index (κ2) is 6.25. The molecule has 1 amide bonds. The summed E-state index contributed by atoms with van der Waals surface area (Å²) in [5, 5.41) is 1.27. The predicted octanol–water partition coefficient (Wildman–Crippen LogP) is 3.98. The Bertz CT molecular complexity index is 793. The van der Waals surface area contributed by atoms with Crippen LogP contribution in [0.25, 0.3) is 10.2 Å².